The third-order valence-corrected chi connectivity index (χ3v) is 3.34. The van der Waals surface area contributed by atoms with Crippen LogP contribution in [0.4, 0.5) is 0 Å². The summed E-state index contributed by atoms with van der Waals surface area (Å²) in [6, 6.07) is 4.25. The number of nitrogens with two attached hydrogens (primary N) is 1. The van der Waals surface area contributed by atoms with Gasteiger partial charge in [0.2, 0.25) is 0 Å². The van der Waals surface area contributed by atoms with Crippen molar-refractivity contribution in [1.82, 2.24) is 4.90 Å². The second-order valence-electron chi connectivity index (χ2n) is 4.31. The molecule has 0 aliphatic carbocycles. The van der Waals surface area contributed by atoms with Crippen molar-refractivity contribution in [3.05, 3.63) is 42.1 Å². The van der Waals surface area contributed by atoms with E-state index < -0.39 is 0 Å². The number of nitrogens with zero attached hydrogens (tertiary/aromatic N) is 1. The number of phenolic OH excluding ortho intramolecular Hbond substituents is 2. The Hall–Kier alpha value is -2.41. The fraction of sp³-hybridized carbons (Fsp3) is 0.200. The molecule has 0 spiro atoms. The fourth-order valence-electron chi connectivity index (χ4n) is 1.61. The summed E-state index contributed by atoms with van der Waals surface area (Å²) in [7, 11) is 0. The molecular weight excluding hydrogens is 302 g/mol. The zero-order valence-corrected chi connectivity index (χ0v) is 13.0. The molecule has 0 aliphatic heterocycles. The van der Waals surface area contributed by atoms with Gasteiger partial charge in [-0.3, -0.25) is 15.1 Å². The molecule has 0 heterocycles. The molecule has 0 saturated carbocycles. The second kappa shape index (κ2) is 8.78. The Bertz CT molecular complexity index is 600. The highest BCUT2D eigenvalue weighted by molar-refractivity contribution is 7.98. The van der Waals surface area contributed by atoms with Gasteiger partial charge < -0.3 is 15.9 Å². The van der Waals surface area contributed by atoms with E-state index in [0.717, 1.165) is 0 Å². The van der Waals surface area contributed by atoms with Crippen LogP contribution in [0.5, 0.6) is 11.5 Å². The predicted octanol–water partition coefficient (Wildman–Crippen LogP) is 1.75. The van der Waals surface area contributed by atoms with E-state index in [9.17, 15) is 15.0 Å². The summed E-state index contributed by atoms with van der Waals surface area (Å²) in [4.78, 5) is 13.5. The molecule has 22 heavy (non-hydrogen) atoms. The van der Waals surface area contributed by atoms with Crippen LogP contribution in [0.2, 0.25) is 0 Å². The van der Waals surface area contributed by atoms with E-state index >= 15 is 0 Å². The smallest absolute Gasteiger partial charge is 0.252 e. The highest BCUT2D eigenvalue weighted by atomic mass is 32.2. The van der Waals surface area contributed by atoms with Crippen molar-refractivity contribution >= 4 is 29.6 Å². The number of aromatic hydroxyl groups is 2. The van der Waals surface area contributed by atoms with E-state index in [2.05, 4.69) is 0 Å². The van der Waals surface area contributed by atoms with E-state index in [4.69, 9.17) is 11.1 Å². The van der Waals surface area contributed by atoms with Crippen LogP contribution in [0, 0.1) is 5.41 Å². The lowest BCUT2D eigenvalue weighted by Gasteiger charge is -2.19. The molecular formula is C15H19N3O3S. The van der Waals surface area contributed by atoms with Gasteiger partial charge in [-0.1, -0.05) is 6.07 Å². The molecule has 0 atom stereocenters. The summed E-state index contributed by atoms with van der Waals surface area (Å²) in [6.07, 6.45) is 7.29. The van der Waals surface area contributed by atoms with Crippen LogP contribution in [-0.2, 0) is 4.79 Å². The average molecular weight is 321 g/mol. The number of amidine groups is 1. The Morgan fingerprint density at radius 1 is 1.36 bits per heavy atom. The van der Waals surface area contributed by atoms with Crippen LogP contribution in [-0.4, -0.2) is 45.4 Å². The molecule has 6 nitrogen and oxygen atoms in total. The lowest BCUT2D eigenvalue weighted by atomic mass is 10.2. The van der Waals surface area contributed by atoms with E-state index in [1.807, 2.05) is 6.26 Å². The molecule has 5 N–H and O–H groups in total. The molecule has 118 valence electrons. The summed E-state index contributed by atoms with van der Waals surface area (Å²) < 4.78 is 0. The number of rotatable bonds is 6. The quantitative estimate of drug-likeness (QED) is 0.276. The summed E-state index contributed by atoms with van der Waals surface area (Å²) >= 11 is 1.57. The molecule has 0 saturated heterocycles. The SMILES string of the molecule is CSCCN(C(=N)/C=C\N)C(=O)/C=C/c1ccc(O)c(O)c1. The minimum absolute atomic E-state index is 0.0137. The number of thioether (sulfide) groups is 1. The molecule has 1 aromatic rings. The first kappa shape index (κ1) is 17.6. The normalized spacial score (nSPS) is 11.1. The lowest BCUT2D eigenvalue weighted by Crippen LogP contribution is -2.36. The molecule has 7 heteroatoms. The van der Waals surface area contributed by atoms with Crippen molar-refractivity contribution < 1.29 is 15.0 Å². The van der Waals surface area contributed by atoms with Crippen LogP contribution >= 0.6 is 11.8 Å². The topological polar surface area (TPSA) is 111 Å². The lowest BCUT2D eigenvalue weighted by molar-refractivity contribution is -0.122. The van der Waals surface area contributed by atoms with Crippen molar-refractivity contribution in [3.63, 3.8) is 0 Å². The standard InChI is InChI=1S/C15H19N3O3S/c1-22-9-8-18(14(17)6-7-16)15(21)5-3-11-2-4-12(19)13(20)10-11/h2-7,10,17,19-20H,8-9,16H2,1H3/b5-3+,7-6-,17-14?. The van der Waals surface area contributed by atoms with Gasteiger partial charge in [0, 0.05) is 18.4 Å². The number of carbonyl (C=O) groups excluding carboxylic acids is 1. The van der Waals surface area contributed by atoms with Gasteiger partial charge in [0.1, 0.15) is 5.84 Å². The molecule has 0 unspecified atom stereocenters. The molecule has 1 rings (SSSR count). The molecule has 1 aromatic carbocycles. The number of nitrogens with one attached hydrogen (secondary N) is 1. The highest BCUT2D eigenvalue weighted by Gasteiger charge is 2.13. The maximum absolute atomic E-state index is 12.2. The molecule has 0 aliphatic rings. The first-order valence-corrected chi connectivity index (χ1v) is 7.86. The molecule has 0 aromatic heterocycles. The van der Waals surface area contributed by atoms with E-state index in [1.165, 1.54) is 41.5 Å². The van der Waals surface area contributed by atoms with Gasteiger partial charge in [0.05, 0.1) is 0 Å². The molecule has 0 bridgehead atoms. The van der Waals surface area contributed by atoms with E-state index in [-0.39, 0.29) is 23.2 Å². The molecule has 0 radical (unpaired) electrons. The Kier molecular flexibility index (Phi) is 7.04. The Morgan fingerprint density at radius 2 is 2.09 bits per heavy atom. The maximum Gasteiger partial charge on any atom is 0.252 e. The number of amides is 1. The summed E-state index contributed by atoms with van der Waals surface area (Å²) in [6.45, 7) is 0.397. The maximum atomic E-state index is 12.2. The van der Waals surface area contributed by atoms with Gasteiger partial charge in [-0.15, -0.1) is 0 Å². The van der Waals surface area contributed by atoms with Crippen molar-refractivity contribution in [2.24, 2.45) is 5.73 Å². The Balaban J connectivity index is 2.86. The van der Waals surface area contributed by atoms with Crippen molar-refractivity contribution in [2.45, 2.75) is 0 Å². The van der Waals surface area contributed by atoms with Gasteiger partial charge in [-0.05, 0) is 42.3 Å². The highest BCUT2D eigenvalue weighted by Crippen LogP contribution is 2.25. The summed E-state index contributed by atoms with van der Waals surface area (Å²) in [5, 5.41) is 26.5. The first-order chi connectivity index (χ1) is 10.5. The average Bonchev–Trinajstić information content (AvgIpc) is 2.49. The Labute approximate surface area is 133 Å². The van der Waals surface area contributed by atoms with Gasteiger partial charge in [0.15, 0.2) is 11.5 Å². The zero-order valence-electron chi connectivity index (χ0n) is 12.2. The van der Waals surface area contributed by atoms with Crippen LogP contribution in [0.15, 0.2) is 36.6 Å². The van der Waals surface area contributed by atoms with Crippen molar-refractivity contribution in [2.75, 3.05) is 18.6 Å². The van der Waals surface area contributed by atoms with E-state index in [0.29, 0.717) is 17.9 Å². The van der Waals surface area contributed by atoms with Gasteiger partial charge in [0.25, 0.3) is 5.91 Å². The first-order valence-electron chi connectivity index (χ1n) is 6.47. The van der Waals surface area contributed by atoms with Crippen LogP contribution in [0.1, 0.15) is 5.56 Å². The molecule has 0 fully saturated rings. The number of phenols is 2. The van der Waals surface area contributed by atoms with Crippen molar-refractivity contribution in [3.8, 4) is 11.5 Å². The van der Waals surface area contributed by atoms with Gasteiger partial charge >= 0.3 is 0 Å². The van der Waals surface area contributed by atoms with Crippen LogP contribution < -0.4 is 5.73 Å². The minimum atomic E-state index is -0.357. The van der Waals surface area contributed by atoms with Crippen molar-refractivity contribution in [1.29, 1.82) is 5.41 Å². The third kappa shape index (κ3) is 5.17. The largest absolute Gasteiger partial charge is 0.504 e. The monoisotopic (exact) mass is 321 g/mol. The number of carbonyl (C=O) groups is 1. The molecule has 1 amide bonds. The third-order valence-electron chi connectivity index (χ3n) is 2.75. The fourth-order valence-corrected chi connectivity index (χ4v) is 1.98. The summed E-state index contributed by atoms with van der Waals surface area (Å²) in [5.41, 5.74) is 5.82. The number of hydrogen-bond acceptors (Lipinski definition) is 6. The summed E-state index contributed by atoms with van der Waals surface area (Å²) in [5.74, 6) is -0.127. The van der Waals surface area contributed by atoms with Crippen LogP contribution in [0.3, 0.4) is 0 Å². The zero-order chi connectivity index (χ0) is 16.5. The number of hydrogen-bond donors (Lipinski definition) is 4. The number of benzene rings is 1. The van der Waals surface area contributed by atoms with Gasteiger partial charge in [-0.25, -0.2) is 0 Å². The Morgan fingerprint density at radius 3 is 2.68 bits per heavy atom. The minimum Gasteiger partial charge on any atom is -0.504 e. The predicted molar refractivity (Wildman–Crippen MR) is 90.0 cm³/mol. The van der Waals surface area contributed by atoms with E-state index in [1.54, 1.807) is 17.8 Å². The van der Waals surface area contributed by atoms with Gasteiger partial charge in [-0.2, -0.15) is 11.8 Å². The van der Waals surface area contributed by atoms with Crippen LogP contribution in [0.25, 0.3) is 6.08 Å². The second-order valence-corrected chi connectivity index (χ2v) is 5.29.